The Labute approximate surface area is 118 Å². The van der Waals surface area contributed by atoms with Crippen molar-refractivity contribution in [3.63, 3.8) is 0 Å². The van der Waals surface area contributed by atoms with E-state index in [-0.39, 0.29) is 0 Å². The van der Waals surface area contributed by atoms with E-state index in [1.807, 2.05) is 0 Å². The Balaban J connectivity index is 2.31. The van der Waals surface area contributed by atoms with E-state index < -0.39 is 0 Å². The summed E-state index contributed by atoms with van der Waals surface area (Å²) in [6.07, 6.45) is 2.16. The molecule has 1 aromatic carbocycles. The third kappa shape index (κ3) is 7.31. The first-order valence-corrected chi connectivity index (χ1v) is 7.24. The molecule has 0 aliphatic rings. The van der Waals surface area contributed by atoms with E-state index in [2.05, 4.69) is 55.5 Å². The van der Waals surface area contributed by atoms with Crippen LogP contribution in [0.1, 0.15) is 24.5 Å². The van der Waals surface area contributed by atoms with Crippen LogP contribution in [0.4, 0.5) is 0 Å². The van der Waals surface area contributed by atoms with Crippen molar-refractivity contribution in [3.8, 4) is 0 Å². The zero-order chi connectivity index (χ0) is 13.9. The second-order valence-electron chi connectivity index (χ2n) is 5.08. The molecule has 3 nitrogen and oxygen atoms in total. The molecule has 1 rings (SSSR count). The molecule has 0 amide bonds. The average Bonchev–Trinajstić information content (AvgIpc) is 2.40. The summed E-state index contributed by atoms with van der Waals surface area (Å²) >= 11 is 0. The predicted octanol–water partition coefficient (Wildman–Crippen LogP) is 2.31. The van der Waals surface area contributed by atoms with Crippen LogP contribution < -0.4 is 5.32 Å². The Bertz CT molecular complexity index is 339. The van der Waals surface area contributed by atoms with Gasteiger partial charge in [0.2, 0.25) is 0 Å². The maximum atomic E-state index is 5.77. The van der Waals surface area contributed by atoms with Gasteiger partial charge in [-0.2, -0.15) is 0 Å². The molecule has 0 bridgehead atoms. The Morgan fingerprint density at radius 2 is 1.89 bits per heavy atom. The molecule has 0 aliphatic heterocycles. The Kier molecular flexibility index (Phi) is 8.47. The van der Waals surface area contributed by atoms with Gasteiger partial charge < -0.3 is 15.0 Å². The molecule has 1 N–H and O–H groups in total. The highest BCUT2D eigenvalue weighted by Gasteiger charge is 2.01. The third-order valence-electron chi connectivity index (χ3n) is 3.09. The molecule has 108 valence electrons. The predicted molar refractivity (Wildman–Crippen MR) is 81.5 cm³/mol. The number of nitrogens with one attached hydrogen (secondary N) is 1. The molecule has 0 aliphatic carbocycles. The van der Waals surface area contributed by atoms with Gasteiger partial charge in [-0.1, -0.05) is 31.2 Å². The van der Waals surface area contributed by atoms with Crippen molar-refractivity contribution in [2.45, 2.75) is 26.4 Å². The summed E-state index contributed by atoms with van der Waals surface area (Å²) in [4.78, 5) is 2.19. The molecule has 0 saturated carbocycles. The summed E-state index contributed by atoms with van der Waals surface area (Å²) in [5.74, 6) is 0. The van der Waals surface area contributed by atoms with Crippen molar-refractivity contribution in [1.29, 1.82) is 0 Å². The fourth-order valence-corrected chi connectivity index (χ4v) is 2.01. The van der Waals surface area contributed by atoms with Gasteiger partial charge in [0, 0.05) is 6.61 Å². The molecule has 0 aromatic heterocycles. The maximum absolute atomic E-state index is 5.77. The lowest BCUT2D eigenvalue weighted by Crippen LogP contribution is -2.17. The zero-order valence-corrected chi connectivity index (χ0v) is 12.6. The largest absolute Gasteiger partial charge is 0.377 e. The van der Waals surface area contributed by atoms with E-state index in [1.54, 1.807) is 0 Å². The monoisotopic (exact) mass is 264 g/mol. The fraction of sp³-hybridized carbons (Fsp3) is 0.625. The Morgan fingerprint density at radius 1 is 1.16 bits per heavy atom. The highest BCUT2D eigenvalue weighted by atomic mass is 16.5. The van der Waals surface area contributed by atoms with E-state index in [9.17, 15) is 0 Å². The number of hydrogen-bond donors (Lipinski definition) is 1. The minimum Gasteiger partial charge on any atom is -0.377 e. The van der Waals surface area contributed by atoms with Crippen LogP contribution in [0.15, 0.2) is 24.3 Å². The van der Waals surface area contributed by atoms with E-state index in [4.69, 9.17) is 4.74 Å². The molecule has 0 atom stereocenters. The summed E-state index contributed by atoms with van der Waals surface area (Å²) in [5, 5.41) is 3.37. The van der Waals surface area contributed by atoms with Crippen molar-refractivity contribution in [1.82, 2.24) is 10.2 Å². The quantitative estimate of drug-likeness (QED) is 0.656. The summed E-state index contributed by atoms with van der Waals surface area (Å²) in [7, 11) is 4.19. The van der Waals surface area contributed by atoms with E-state index in [1.165, 1.54) is 11.1 Å². The van der Waals surface area contributed by atoms with Crippen molar-refractivity contribution < 1.29 is 4.74 Å². The molecule has 0 saturated heterocycles. The molecule has 0 radical (unpaired) electrons. The highest BCUT2D eigenvalue weighted by Crippen LogP contribution is 2.10. The van der Waals surface area contributed by atoms with Crippen molar-refractivity contribution in [2.75, 3.05) is 40.3 Å². The summed E-state index contributed by atoms with van der Waals surface area (Å²) in [5.41, 5.74) is 2.72. The second-order valence-corrected chi connectivity index (χ2v) is 5.08. The van der Waals surface area contributed by atoms with E-state index >= 15 is 0 Å². The molecule has 1 aromatic rings. The standard InChI is InChI=1S/C16H28N2O/c1-4-17-11-10-15-8-5-6-9-16(15)14-19-13-7-12-18(2)3/h5-6,8-9,17H,4,7,10-14H2,1-3H3. The number of benzene rings is 1. The lowest BCUT2D eigenvalue weighted by Gasteiger charge is -2.12. The first kappa shape index (κ1) is 16.2. The zero-order valence-electron chi connectivity index (χ0n) is 12.6. The molecular weight excluding hydrogens is 236 g/mol. The summed E-state index contributed by atoms with van der Waals surface area (Å²) < 4.78 is 5.77. The van der Waals surface area contributed by atoms with Gasteiger partial charge in [-0.15, -0.1) is 0 Å². The van der Waals surface area contributed by atoms with Crippen LogP contribution in [-0.2, 0) is 17.8 Å². The molecule has 0 heterocycles. The summed E-state index contributed by atoms with van der Waals surface area (Å²) in [6, 6.07) is 8.58. The third-order valence-corrected chi connectivity index (χ3v) is 3.09. The van der Waals surface area contributed by atoms with Gasteiger partial charge in [0.05, 0.1) is 6.61 Å². The number of hydrogen-bond acceptors (Lipinski definition) is 3. The number of nitrogens with zero attached hydrogens (tertiary/aromatic N) is 1. The minimum absolute atomic E-state index is 0.732. The van der Waals surface area contributed by atoms with E-state index in [0.29, 0.717) is 0 Å². The van der Waals surface area contributed by atoms with Crippen LogP contribution in [0.2, 0.25) is 0 Å². The van der Waals surface area contributed by atoms with Gasteiger partial charge >= 0.3 is 0 Å². The molecule has 0 fully saturated rings. The molecule has 19 heavy (non-hydrogen) atoms. The van der Waals surface area contributed by atoms with Crippen LogP contribution in [0.25, 0.3) is 0 Å². The SMILES string of the molecule is CCNCCc1ccccc1COCCCN(C)C. The van der Waals surface area contributed by atoms with Crippen LogP contribution in [0, 0.1) is 0 Å². The van der Waals surface area contributed by atoms with Gasteiger partial charge in [-0.25, -0.2) is 0 Å². The second kappa shape index (κ2) is 9.96. The van der Waals surface area contributed by atoms with Crippen molar-refractivity contribution in [2.24, 2.45) is 0 Å². The maximum Gasteiger partial charge on any atom is 0.0719 e. The molecule has 0 unspecified atom stereocenters. The molecule has 3 heteroatoms. The molecule has 0 spiro atoms. The van der Waals surface area contributed by atoms with E-state index in [0.717, 1.165) is 45.7 Å². The fourth-order valence-electron chi connectivity index (χ4n) is 2.01. The Morgan fingerprint density at radius 3 is 2.58 bits per heavy atom. The van der Waals surface area contributed by atoms with Crippen LogP contribution in [0.3, 0.4) is 0 Å². The van der Waals surface area contributed by atoms with Gasteiger partial charge in [0.15, 0.2) is 0 Å². The van der Waals surface area contributed by atoms with Crippen molar-refractivity contribution in [3.05, 3.63) is 35.4 Å². The molecular formula is C16H28N2O. The van der Waals surface area contributed by atoms with Gasteiger partial charge in [-0.3, -0.25) is 0 Å². The first-order chi connectivity index (χ1) is 9.24. The highest BCUT2D eigenvalue weighted by molar-refractivity contribution is 5.26. The first-order valence-electron chi connectivity index (χ1n) is 7.24. The Hall–Kier alpha value is -0.900. The van der Waals surface area contributed by atoms with Gasteiger partial charge in [0.1, 0.15) is 0 Å². The number of likely N-dealkylation sites (N-methyl/N-ethyl adjacent to an activating group) is 1. The van der Waals surface area contributed by atoms with Crippen LogP contribution in [0.5, 0.6) is 0 Å². The van der Waals surface area contributed by atoms with Crippen LogP contribution in [-0.4, -0.2) is 45.2 Å². The van der Waals surface area contributed by atoms with Gasteiger partial charge in [-0.05, 0) is 57.7 Å². The van der Waals surface area contributed by atoms with Gasteiger partial charge in [0.25, 0.3) is 0 Å². The average molecular weight is 264 g/mol. The number of rotatable bonds is 10. The minimum atomic E-state index is 0.732. The lowest BCUT2D eigenvalue weighted by atomic mass is 10.1. The van der Waals surface area contributed by atoms with Crippen molar-refractivity contribution >= 4 is 0 Å². The number of ether oxygens (including phenoxy) is 1. The normalized spacial score (nSPS) is 11.2. The lowest BCUT2D eigenvalue weighted by molar-refractivity contribution is 0.112. The summed E-state index contributed by atoms with van der Waals surface area (Å²) in [6.45, 7) is 6.86. The topological polar surface area (TPSA) is 24.5 Å². The van der Waals surface area contributed by atoms with Crippen LogP contribution >= 0.6 is 0 Å². The smallest absolute Gasteiger partial charge is 0.0719 e.